The van der Waals surface area contributed by atoms with Gasteiger partial charge in [0.15, 0.2) is 11.6 Å². The van der Waals surface area contributed by atoms with Gasteiger partial charge in [-0.1, -0.05) is 43.3 Å². The highest BCUT2D eigenvalue weighted by atomic mass is 16.1. The van der Waals surface area contributed by atoms with Gasteiger partial charge in [-0.2, -0.15) is 0 Å². The van der Waals surface area contributed by atoms with E-state index in [0.717, 1.165) is 28.6 Å². The van der Waals surface area contributed by atoms with Crippen LogP contribution in [-0.4, -0.2) is 21.1 Å². The van der Waals surface area contributed by atoms with Crippen LogP contribution in [0.3, 0.4) is 0 Å². The Hall–Kier alpha value is -3.67. The highest BCUT2D eigenvalue weighted by Gasteiger charge is 2.10. The van der Waals surface area contributed by atoms with Crippen molar-refractivity contribution in [2.75, 3.05) is 10.6 Å². The molecule has 0 spiro atoms. The number of hydrogen-bond acceptors (Lipinski definition) is 4. The average molecular weight is 371 g/mol. The largest absolute Gasteiger partial charge is 0.361 e. The molecule has 2 heterocycles. The first-order valence-corrected chi connectivity index (χ1v) is 9.26. The summed E-state index contributed by atoms with van der Waals surface area (Å²) in [5.41, 5.74) is 4.19. The number of amides is 1. The number of rotatable bonds is 6. The van der Waals surface area contributed by atoms with Crippen molar-refractivity contribution in [1.29, 1.82) is 0 Å². The molecule has 0 atom stereocenters. The molecule has 2 aromatic heterocycles. The molecule has 3 N–H and O–H groups in total. The van der Waals surface area contributed by atoms with Crippen molar-refractivity contribution in [3.05, 3.63) is 78.0 Å². The van der Waals surface area contributed by atoms with Gasteiger partial charge in [0.05, 0.1) is 6.42 Å². The minimum absolute atomic E-state index is 0.129. The van der Waals surface area contributed by atoms with Crippen molar-refractivity contribution >= 4 is 34.1 Å². The lowest BCUT2D eigenvalue weighted by Crippen LogP contribution is -2.15. The summed E-state index contributed by atoms with van der Waals surface area (Å²) in [6, 6.07) is 19.6. The Morgan fingerprint density at radius 1 is 0.929 bits per heavy atom. The Morgan fingerprint density at radius 3 is 2.50 bits per heavy atom. The molecule has 0 radical (unpaired) electrons. The van der Waals surface area contributed by atoms with Gasteiger partial charge in [-0.05, 0) is 41.8 Å². The molecule has 4 rings (SSSR count). The first-order valence-electron chi connectivity index (χ1n) is 9.26. The number of aryl methyl sites for hydroxylation is 1. The molecule has 0 unspecified atom stereocenters. The van der Waals surface area contributed by atoms with E-state index >= 15 is 0 Å². The van der Waals surface area contributed by atoms with Crippen LogP contribution in [-0.2, 0) is 17.6 Å². The molecule has 0 aliphatic rings. The predicted octanol–water partition coefficient (Wildman–Crippen LogP) is 4.45. The van der Waals surface area contributed by atoms with E-state index in [1.807, 2.05) is 48.7 Å². The second-order valence-corrected chi connectivity index (χ2v) is 6.52. The molecular formula is C22H21N5O. The predicted molar refractivity (Wildman–Crippen MR) is 112 cm³/mol. The number of nitrogens with one attached hydrogen (secondary N) is 3. The first-order chi connectivity index (χ1) is 13.7. The van der Waals surface area contributed by atoms with Crippen molar-refractivity contribution in [3.8, 4) is 0 Å². The lowest BCUT2D eigenvalue weighted by atomic mass is 10.1. The maximum Gasteiger partial charge on any atom is 0.230 e. The van der Waals surface area contributed by atoms with Gasteiger partial charge in [-0.3, -0.25) is 4.79 Å². The van der Waals surface area contributed by atoms with Gasteiger partial charge in [0.25, 0.3) is 0 Å². The van der Waals surface area contributed by atoms with Gasteiger partial charge in [-0.25, -0.2) is 0 Å². The average Bonchev–Trinajstić information content (AvgIpc) is 3.13. The quantitative estimate of drug-likeness (QED) is 0.468. The number of carbonyl (C=O) groups excluding carboxylic acids is 1. The van der Waals surface area contributed by atoms with Gasteiger partial charge < -0.3 is 15.6 Å². The van der Waals surface area contributed by atoms with Crippen molar-refractivity contribution < 1.29 is 4.79 Å². The third kappa shape index (κ3) is 3.86. The zero-order valence-corrected chi connectivity index (χ0v) is 15.6. The monoisotopic (exact) mass is 371 g/mol. The van der Waals surface area contributed by atoms with E-state index in [9.17, 15) is 4.79 Å². The van der Waals surface area contributed by atoms with E-state index in [1.165, 1.54) is 5.56 Å². The fraction of sp³-hybridized carbons (Fsp3) is 0.136. The maximum absolute atomic E-state index is 12.4. The molecule has 28 heavy (non-hydrogen) atoms. The summed E-state index contributed by atoms with van der Waals surface area (Å²) in [7, 11) is 0. The van der Waals surface area contributed by atoms with E-state index in [1.54, 1.807) is 12.1 Å². The number of aromatic amines is 1. The molecule has 6 nitrogen and oxygen atoms in total. The lowest BCUT2D eigenvalue weighted by Gasteiger charge is -2.10. The van der Waals surface area contributed by atoms with Gasteiger partial charge in [0.1, 0.15) is 0 Å². The third-order valence-electron chi connectivity index (χ3n) is 4.62. The summed E-state index contributed by atoms with van der Waals surface area (Å²) in [4.78, 5) is 15.6. The van der Waals surface area contributed by atoms with E-state index in [0.29, 0.717) is 11.6 Å². The Bertz CT molecular complexity index is 1100. The Morgan fingerprint density at radius 2 is 1.68 bits per heavy atom. The third-order valence-corrected chi connectivity index (χ3v) is 4.62. The lowest BCUT2D eigenvalue weighted by molar-refractivity contribution is -0.115. The van der Waals surface area contributed by atoms with Crippen LogP contribution in [0.5, 0.6) is 0 Å². The molecule has 0 fully saturated rings. The first kappa shape index (κ1) is 17.7. The Balaban J connectivity index is 1.41. The van der Waals surface area contributed by atoms with Crippen molar-refractivity contribution in [2.24, 2.45) is 0 Å². The van der Waals surface area contributed by atoms with Crippen LogP contribution in [0.25, 0.3) is 10.9 Å². The highest BCUT2D eigenvalue weighted by molar-refractivity contribution is 5.95. The van der Waals surface area contributed by atoms with E-state index in [2.05, 4.69) is 38.8 Å². The van der Waals surface area contributed by atoms with E-state index in [4.69, 9.17) is 0 Å². The second kappa shape index (κ2) is 7.92. The fourth-order valence-corrected chi connectivity index (χ4v) is 3.19. The van der Waals surface area contributed by atoms with Crippen molar-refractivity contribution in [3.63, 3.8) is 0 Å². The second-order valence-electron chi connectivity index (χ2n) is 6.52. The van der Waals surface area contributed by atoms with Crippen LogP contribution >= 0.6 is 0 Å². The Labute approximate surface area is 163 Å². The molecule has 6 heteroatoms. The van der Waals surface area contributed by atoms with Crippen LogP contribution < -0.4 is 10.6 Å². The molecule has 0 saturated heterocycles. The fourth-order valence-electron chi connectivity index (χ4n) is 3.19. The van der Waals surface area contributed by atoms with Crippen molar-refractivity contribution in [2.45, 2.75) is 19.8 Å². The summed E-state index contributed by atoms with van der Waals surface area (Å²) < 4.78 is 0. The van der Waals surface area contributed by atoms with E-state index in [-0.39, 0.29) is 12.3 Å². The van der Waals surface area contributed by atoms with Crippen molar-refractivity contribution in [1.82, 2.24) is 15.2 Å². The number of hydrogen-bond donors (Lipinski definition) is 3. The molecule has 4 aromatic rings. The SMILES string of the molecule is CCc1ccccc1Nc1ccc(NC(=O)Cc2c[nH]c3ccccc23)nn1. The summed E-state index contributed by atoms with van der Waals surface area (Å²) in [6.07, 6.45) is 3.07. The smallest absolute Gasteiger partial charge is 0.230 e. The molecule has 1 amide bonds. The number of benzene rings is 2. The van der Waals surface area contributed by atoms with Gasteiger partial charge in [0.2, 0.25) is 5.91 Å². The number of aromatic nitrogens is 3. The minimum atomic E-state index is -0.129. The molecule has 140 valence electrons. The zero-order chi connectivity index (χ0) is 19.3. The molecule has 0 saturated carbocycles. The summed E-state index contributed by atoms with van der Waals surface area (Å²) in [5.74, 6) is 0.936. The number of anilines is 3. The van der Waals surface area contributed by atoms with Gasteiger partial charge in [0, 0.05) is 22.8 Å². The minimum Gasteiger partial charge on any atom is -0.361 e. The van der Waals surface area contributed by atoms with Crippen LogP contribution in [0, 0.1) is 0 Å². The molecule has 0 aliphatic carbocycles. The molecule has 2 aromatic carbocycles. The van der Waals surface area contributed by atoms with E-state index < -0.39 is 0 Å². The normalized spacial score (nSPS) is 10.8. The number of nitrogens with zero attached hydrogens (tertiary/aromatic N) is 2. The number of carbonyl (C=O) groups is 1. The summed E-state index contributed by atoms with van der Waals surface area (Å²) in [5, 5.41) is 15.4. The van der Waals surface area contributed by atoms with Gasteiger partial charge >= 0.3 is 0 Å². The standard InChI is InChI=1S/C22H21N5O/c1-2-15-7-3-5-9-18(15)24-20-11-12-21(27-26-20)25-22(28)13-16-14-23-19-10-6-4-8-17(16)19/h3-12,14,23H,2,13H2,1H3,(H,24,26)(H,25,27,28). The van der Waals surface area contributed by atoms with Crippen LogP contribution in [0.4, 0.5) is 17.3 Å². The number of fused-ring (bicyclic) bond motifs is 1. The number of H-pyrrole nitrogens is 1. The topological polar surface area (TPSA) is 82.7 Å². The maximum atomic E-state index is 12.4. The Kier molecular flexibility index (Phi) is 5.01. The van der Waals surface area contributed by atoms with Crippen LogP contribution in [0.2, 0.25) is 0 Å². The highest BCUT2D eigenvalue weighted by Crippen LogP contribution is 2.21. The zero-order valence-electron chi connectivity index (χ0n) is 15.6. The molecule has 0 bridgehead atoms. The molecular weight excluding hydrogens is 350 g/mol. The number of para-hydroxylation sites is 2. The van der Waals surface area contributed by atoms with Gasteiger partial charge in [-0.15, -0.1) is 10.2 Å². The molecule has 0 aliphatic heterocycles. The summed E-state index contributed by atoms with van der Waals surface area (Å²) in [6.45, 7) is 2.11. The summed E-state index contributed by atoms with van der Waals surface area (Å²) >= 11 is 0. The van der Waals surface area contributed by atoms with Crippen LogP contribution in [0.1, 0.15) is 18.1 Å². The van der Waals surface area contributed by atoms with Crippen LogP contribution in [0.15, 0.2) is 66.9 Å².